The Morgan fingerprint density at radius 2 is 2.32 bits per heavy atom. The molecule has 1 unspecified atom stereocenters. The summed E-state index contributed by atoms with van der Waals surface area (Å²) in [5.41, 5.74) is 8.51. The number of fused-ring (bicyclic) bond motifs is 1. The molecule has 1 aromatic carbocycles. The minimum atomic E-state index is -0.0333. The van der Waals surface area contributed by atoms with Crippen LogP contribution >= 0.6 is 49.9 Å². The Bertz CT molecular complexity index is 693. The fourth-order valence-corrected chi connectivity index (χ4v) is 3.84. The molecule has 2 N–H and O–H groups in total. The summed E-state index contributed by atoms with van der Waals surface area (Å²) in [7, 11) is 0. The topological polar surface area (TPSA) is 43.3 Å². The largest absolute Gasteiger partial charge is 0.324 e. The number of halogens is 2. The van der Waals surface area contributed by atoms with Crippen molar-refractivity contribution in [2.45, 2.75) is 12.5 Å². The maximum absolute atomic E-state index is 6.32. The van der Waals surface area contributed by atoms with E-state index in [4.69, 9.17) is 5.73 Å². The first kappa shape index (κ1) is 13.5. The summed E-state index contributed by atoms with van der Waals surface area (Å²) in [6.45, 7) is 0. The Labute approximate surface area is 137 Å². The van der Waals surface area contributed by atoms with E-state index in [1.165, 1.54) is 3.57 Å². The Kier molecular flexibility index (Phi) is 3.93. The summed E-state index contributed by atoms with van der Waals surface area (Å²) in [5.74, 6) is 0. The van der Waals surface area contributed by atoms with Gasteiger partial charge in [0.1, 0.15) is 0 Å². The highest BCUT2D eigenvalue weighted by molar-refractivity contribution is 14.1. The van der Waals surface area contributed by atoms with Gasteiger partial charge in [0.25, 0.3) is 0 Å². The molecule has 0 saturated carbocycles. The smallest absolute Gasteiger partial charge is 0.193 e. The van der Waals surface area contributed by atoms with Crippen molar-refractivity contribution in [3.63, 3.8) is 0 Å². The van der Waals surface area contributed by atoms with E-state index in [1.807, 2.05) is 22.0 Å². The molecule has 0 fully saturated rings. The lowest BCUT2D eigenvalue weighted by Gasteiger charge is -2.13. The number of hydrogen-bond acceptors (Lipinski definition) is 3. The quantitative estimate of drug-likeness (QED) is 0.616. The standard InChI is InChI=1S/C13H11BrIN3S/c14-8-1-2-11(15)10(5-8)12(16)6-9-7-18-3-4-19-13(18)17-9/h1-5,7,12H,6,16H2. The lowest BCUT2D eigenvalue weighted by Crippen LogP contribution is -2.15. The first-order valence-corrected chi connectivity index (χ1v) is 8.50. The van der Waals surface area contributed by atoms with Crippen LogP contribution in [0.2, 0.25) is 0 Å². The molecule has 0 saturated heterocycles. The zero-order valence-electron chi connectivity index (χ0n) is 9.88. The highest BCUT2D eigenvalue weighted by Crippen LogP contribution is 2.25. The number of benzene rings is 1. The van der Waals surface area contributed by atoms with Gasteiger partial charge in [0.05, 0.1) is 5.69 Å². The number of hydrogen-bond donors (Lipinski definition) is 1. The zero-order chi connectivity index (χ0) is 13.4. The van der Waals surface area contributed by atoms with E-state index < -0.39 is 0 Å². The van der Waals surface area contributed by atoms with E-state index in [-0.39, 0.29) is 6.04 Å². The minimum absolute atomic E-state index is 0.0333. The first-order chi connectivity index (χ1) is 9.13. The number of rotatable bonds is 3. The molecule has 98 valence electrons. The molecule has 0 radical (unpaired) electrons. The summed E-state index contributed by atoms with van der Waals surface area (Å²) in [4.78, 5) is 5.60. The predicted octanol–water partition coefficient (Wildman–Crippen LogP) is 4.01. The van der Waals surface area contributed by atoms with Gasteiger partial charge >= 0.3 is 0 Å². The molecule has 0 aliphatic heterocycles. The van der Waals surface area contributed by atoms with Crippen LogP contribution in [0.5, 0.6) is 0 Å². The van der Waals surface area contributed by atoms with Gasteiger partial charge in [-0.25, -0.2) is 4.98 Å². The number of nitrogens with two attached hydrogens (primary N) is 1. The van der Waals surface area contributed by atoms with Crippen LogP contribution in [0.1, 0.15) is 17.3 Å². The Morgan fingerprint density at radius 1 is 1.47 bits per heavy atom. The third kappa shape index (κ3) is 2.86. The predicted molar refractivity (Wildman–Crippen MR) is 90.6 cm³/mol. The monoisotopic (exact) mass is 447 g/mol. The van der Waals surface area contributed by atoms with Gasteiger partial charge in [-0.05, 0) is 46.4 Å². The van der Waals surface area contributed by atoms with Gasteiger partial charge < -0.3 is 5.73 Å². The second-order valence-electron chi connectivity index (χ2n) is 4.30. The molecule has 3 nitrogen and oxygen atoms in total. The number of nitrogens with zero attached hydrogens (tertiary/aromatic N) is 2. The molecule has 0 aliphatic rings. The molecule has 0 amide bonds. The molecule has 19 heavy (non-hydrogen) atoms. The molecule has 0 spiro atoms. The molecule has 2 heterocycles. The van der Waals surface area contributed by atoms with E-state index in [9.17, 15) is 0 Å². The summed E-state index contributed by atoms with van der Waals surface area (Å²) >= 11 is 7.46. The van der Waals surface area contributed by atoms with Crippen molar-refractivity contribution in [3.8, 4) is 0 Å². The SMILES string of the molecule is NC(Cc1cn2ccsc2n1)c1cc(Br)ccc1I. The van der Waals surface area contributed by atoms with E-state index in [0.29, 0.717) is 0 Å². The van der Waals surface area contributed by atoms with Crippen molar-refractivity contribution in [1.29, 1.82) is 0 Å². The second-order valence-corrected chi connectivity index (χ2v) is 7.25. The lowest BCUT2D eigenvalue weighted by atomic mass is 10.0. The highest BCUT2D eigenvalue weighted by Gasteiger charge is 2.13. The number of aromatic nitrogens is 2. The van der Waals surface area contributed by atoms with Gasteiger partial charge in [-0.15, -0.1) is 11.3 Å². The van der Waals surface area contributed by atoms with Crippen LogP contribution in [0.15, 0.2) is 40.4 Å². The molecule has 3 aromatic rings. The van der Waals surface area contributed by atoms with Crippen LogP contribution in [0, 0.1) is 3.57 Å². The van der Waals surface area contributed by atoms with Gasteiger partial charge in [-0.1, -0.05) is 15.9 Å². The summed E-state index contributed by atoms with van der Waals surface area (Å²) in [5, 5.41) is 2.03. The fourth-order valence-electron chi connectivity index (χ4n) is 2.01. The van der Waals surface area contributed by atoms with E-state index in [1.54, 1.807) is 11.3 Å². The van der Waals surface area contributed by atoms with E-state index in [2.05, 4.69) is 61.8 Å². The van der Waals surface area contributed by atoms with Crippen LogP contribution in [0.25, 0.3) is 4.96 Å². The van der Waals surface area contributed by atoms with Crippen molar-refractivity contribution < 1.29 is 0 Å². The molecule has 3 rings (SSSR count). The highest BCUT2D eigenvalue weighted by atomic mass is 127. The Balaban J connectivity index is 1.86. The normalized spacial score (nSPS) is 13.0. The van der Waals surface area contributed by atoms with E-state index >= 15 is 0 Å². The lowest BCUT2D eigenvalue weighted by molar-refractivity contribution is 0.706. The van der Waals surface area contributed by atoms with Crippen LogP contribution in [-0.2, 0) is 6.42 Å². The van der Waals surface area contributed by atoms with Gasteiger partial charge in [0.15, 0.2) is 4.96 Å². The summed E-state index contributed by atoms with van der Waals surface area (Å²) in [6.07, 6.45) is 4.82. The van der Waals surface area contributed by atoms with Gasteiger partial charge in [-0.2, -0.15) is 0 Å². The third-order valence-corrected chi connectivity index (χ3v) is 5.18. The van der Waals surface area contributed by atoms with Crippen molar-refractivity contribution in [3.05, 3.63) is 55.3 Å². The van der Waals surface area contributed by atoms with Crippen molar-refractivity contribution >= 4 is 54.8 Å². The summed E-state index contributed by atoms with van der Waals surface area (Å²) in [6, 6.07) is 6.16. The number of imidazole rings is 1. The maximum Gasteiger partial charge on any atom is 0.193 e. The van der Waals surface area contributed by atoms with Crippen molar-refractivity contribution in [1.82, 2.24) is 9.38 Å². The number of thiazole rings is 1. The van der Waals surface area contributed by atoms with Gasteiger partial charge in [0.2, 0.25) is 0 Å². The van der Waals surface area contributed by atoms with Crippen LogP contribution in [0.3, 0.4) is 0 Å². The first-order valence-electron chi connectivity index (χ1n) is 5.75. The molecule has 0 bridgehead atoms. The Morgan fingerprint density at radius 3 is 3.11 bits per heavy atom. The maximum atomic E-state index is 6.32. The van der Waals surface area contributed by atoms with Gasteiger partial charge in [0, 0.05) is 38.3 Å². The van der Waals surface area contributed by atoms with Crippen molar-refractivity contribution in [2.24, 2.45) is 5.73 Å². The van der Waals surface area contributed by atoms with Crippen LogP contribution in [0.4, 0.5) is 0 Å². The molecule has 0 aliphatic carbocycles. The molecule has 2 aromatic heterocycles. The molecular formula is C13H11BrIN3S. The third-order valence-electron chi connectivity index (χ3n) is 2.93. The minimum Gasteiger partial charge on any atom is -0.324 e. The van der Waals surface area contributed by atoms with Crippen LogP contribution in [-0.4, -0.2) is 9.38 Å². The second kappa shape index (κ2) is 5.51. The fraction of sp³-hybridized carbons (Fsp3) is 0.154. The molecule has 1 atom stereocenters. The molecule has 6 heteroatoms. The van der Waals surface area contributed by atoms with Gasteiger partial charge in [-0.3, -0.25) is 4.40 Å². The average Bonchev–Trinajstić information content (AvgIpc) is 2.92. The average molecular weight is 448 g/mol. The summed E-state index contributed by atoms with van der Waals surface area (Å²) < 4.78 is 4.29. The van der Waals surface area contributed by atoms with Crippen LogP contribution < -0.4 is 5.73 Å². The molecular weight excluding hydrogens is 437 g/mol. The Hall–Kier alpha value is -0.440. The van der Waals surface area contributed by atoms with Crippen molar-refractivity contribution in [2.75, 3.05) is 0 Å². The van der Waals surface area contributed by atoms with E-state index in [0.717, 1.165) is 27.1 Å². The zero-order valence-corrected chi connectivity index (χ0v) is 14.4.